The minimum atomic E-state index is -0.450. The van der Waals surface area contributed by atoms with Crippen LogP contribution in [-0.4, -0.2) is 83.8 Å². The monoisotopic (exact) mass is 585 g/mol. The van der Waals surface area contributed by atoms with Crippen molar-refractivity contribution in [2.45, 2.75) is 82.9 Å². The fraction of sp³-hybridized carbons (Fsp3) is 0.647. The molecule has 0 spiro atoms. The first-order chi connectivity index (χ1) is 20.6. The first-order valence-corrected chi connectivity index (χ1v) is 15.7. The molecule has 0 radical (unpaired) electrons. The molecule has 1 aliphatic carbocycles. The molecule has 0 aromatic heterocycles. The van der Waals surface area contributed by atoms with Crippen molar-refractivity contribution in [2.75, 3.05) is 65.2 Å². The highest BCUT2D eigenvalue weighted by Crippen LogP contribution is 2.39. The van der Waals surface area contributed by atoms with Crippen LogP contribution in [0.4, 0.5) is 5.69 Å². The van der Waals surface area contributed by atoms with Crippen LogP contribution >= 0.6 is 0 Å². The first-order valence-electron chi connectivity index (χ1n) is 15.7. The summed E-state index contributed by atoms with van der Waals surface area (Å²) in [6, 6.07) is 15.1. The maximum Gasteiger partial charge on any atom is 0.142 e. The number of anilines is 1. The Balaban J connectivity index is 1.44. The van der Waals surface area contributed by atoms with E-state index < -0.39 is 6.10 Å². The van der Waals surface area contributed by atoms with Gasteiger partial charge < -0.3 is 38.4 Å². The number of hydrogen-bond acceptors (Lipinski definition) is 8. The SMILES string of the molecule is CC[C@@H](O)CO[C@@H]1CCC[C@H](OCc2ccc3c(c2)N(CCCOC)CCO3)[C@H]1c1ccc(COCCCOC)cc1. The van der Waals surface area contributed by atoms with E-state index in [0.29, 0.717) is 46.1 Å². The van der Waals surface area contributed by atoms with E-state index in [2.05, 4.69) is 47.4 Å². The van der Waals surface area contributed by atoms with Gasteiger partial charge in [-0.25, -0.2) is 0 Å². The molecule has 4 rings (SSSR count). The third-order valence-electron chi connectivity index (χ3n) is 8.25. The van der Waals surface area contributed by atoms with Gasteiger partial charge in [0.05, 0.1) is 50.4 Å². The molecule has 2 aromatic carbocycles. The van der Waals surface area contributed by atoms with Gasteiger partial charge in [0.15, 0.2) is 0 Å². The van der Waals surface area contributed by atoms with Crippen LogP contribution in [0.3, 0.4) is 0 Å². The smallest absolute Gasteiger partial charge is 0.142 e. The summed E-state index contributed by atoms with van der Waals surface area (Å²) in [6.45, 7) is 8.11. The second kappa shape index (κ2) is 17.8. The fourth-order valence-electron chi connectivity index (χ4n) is 5.85. The van der Waals surface area contributed by atoms with Crippen LogP contribution in [0, 0.1) is 0 Å². The zero-order valence-electron chi connectivity index (χ0n) is 25.8. The molecule has 1 fully saturated rings. The first kappa shape index (κ1) is 32.7. The third-order valence-corrected chi connectivity index (χ3v) is 8.25. The molecule has 0 saturated heterocycles. The average Bonchev–Trinajstić information content (AvgIpc) is 3.03. The van der Waals surface area contributed by atoms with Gasteiger partial charge >= 0.3 is 0 Å². The molecule has 1 saturated carbocycles. The summed E-state index contributed by atoms with van der Waals surface area (Å²) < 4.78 is 35.2. The number of nitrogens with zero attached hydrogens (tertiary/aromatic N) is 1. The topological polar surface area (TPSA) is 78.9 Å². The quantitative estimate of drug-likeness (QED) is 0.230. The molecule has 0 bridgehead atoms. The lowest BCUT2D eigenvalue weighted by molar-refractivity contribution is -0.0858. The van der Waals surface area contributed by atoms with Crippen LogP contribution < -0.4 is 9.64 Å². The molecule has 8 nitrogen and oxygen atoms in total. The van der Waals surface area contributed by atoms with Gasteiger partial charge in [0, 0.05) is 46.5 Å². The zero-order valence-corrected chi connectivity index (χ0v) is 25.8. The number of rotatable bonds is 18. The van der Waals surface area contributed by atoms with Crippen molar-refractivity contribution in [1.82, 2.24) is 0 Å². The molecule has 1 heterocycles. The molecule has 0 unspecified atom stereocenters. The van der Waals surface area contributed by atoms with E-state index in [-0.39, 0.29) is 18.1 Å². The standard InChI is InChI=1S/C34H51NO7/c1-4-29(36)25-42-33-9-5-8-32(34(33)28-13-10-26(11-14-28)23-39-20-7-19-38-3)41-24-27-12-15-31-30(22-27)35(17-21-40-31)16-6-18-37-2/h10-15,22,29,32-34,36H,4-9,16-21,23-25H2,1-3H3/t29-,32+,33-,34-/m1/s1. The fourth-order valence-corrected chi connectivity index (χ4v) is 5.85. The lowest BCUT2D eigenvalue weighted by Crippen LogP contribution is -2.39. The van der Waals surface area contributed by atoms with Crippen molar-refractivity contribution in [2.24, 2.45) is 0 Å². The summed E-state index contributed by atoms with van der Waals surface area (Å²) in [5, 5.41) is 10.2. The van der Waals surface area contributed by atoms with Crippen molar-refractivity contribution >= 4 is 5.69 Å². The summed E-state index contributed by atoms with van der Waals surface area (Å²) in [4.78, 5) is 2.39. The lowest BCUT2D eigenvalue weighted by Gasteiger charge is -2.39. The number of aliphatic hydroxyl groups is 1. The second-order valence-electron chi connectivity index (χ2n) is 11.4. The van der Waals surface area contributed by atoms with Gasteiger partial charge in [-0.1, -0.05) is 37.3 Å². The van der Waals surface area contributed by atoms with Gasteiger partial charge in [-0.05, 0) is 67.3 Å². The van der Waals surface area contributed by atoms with Crippen molar-refractivity contribution < 1.29 is 33.5 Å². The number of benzene rings is 2. The molecule has 8 heteroatoms. The maximum absolute atomic E-state index is 10.2. The molecular formula is C34H51NO7. The van der Waals surface area contributed by atoms with Crippen LogP contribution in [0.15, 0.2) is 42.5 Å². The highest BCUT2D eigenvalue weighted by molar-refractivity contribution is 5.61. The van der Waals surface area contributed by atoms with Crippen LogP contribution in [0.1, 0.15) is 68.1 Å². The van der Waals surface area contributed by atoms with Gasteiger partial charge in [0.1, 0.15) is 12.4 Å². The Hall–Kier alpha value is -2.20. The number of hydrogen-bond donors (Lipinski definition) is 1. The molecule has 1 aliphatic heterocycles. The number of fused-ring (bicyclic) bond motifs is 1. The largest absolute Gasteiger partial charge is 0.490 e. The van der Waals surface area contributed by atoms with Crippen LogP contribution in [-0.2, 0) is 36.9 Å². The van der Waals surface area contributed by atoms with Crippen molar-refractivity contribution in [3.8, 4) is 5.75 Å². The number of methoxy groups -OCH3 is 2. The molecule has 234 valence electrons. The van der Waals surface area contributed by atoms with E-state index in [1.54, 1.807) is 14.2 Å². The molecule has 2 aromatic rings. The maximum atomic E-state index is 10.2. The summed E-state index contributed by atoms with van der Waals surface area (Å²) >= 11 is 0. The average molecular weight is 586 g/mol. The Labute approximate surface area is 252 Å². The zero-order chi connectivity index (χ0) is 29.6. The van der Waals surface area contributed by atoms with E-state index in [4.69, 9.17) is 28.4 Å². The number of ether oxygens (including phenoxy) is 6. The molecule has 4 atom stereocenters. The highest BCUT2D eigenvalue weighted by atomic mass is 16.5. The molecule has 0 amide bonds. The van der Waals surface area contributed by atoms with Crippen molar-refractivity contribution in [3.63, 3.8) is 0 Å². The van der Waals surface area contributed by atoms with Crippen molar-refractivity contribution in [3.05, 3.63) is 59.2 Å². The van der Waals surface area contributed by atoms with E-state index in [1.165, 1.54) is 5.56 Å². The van der Waals surface area contributed by atoms with Crippen molar-refractivity contribution in [1.29, 1.82) is 0 Å². The summed E-state index contributed by atoms with van der Waals surface area (Å²) in [7, 11) is 3.46. The Bertz CT molecular complexity index is 1030. The molecule has 1 N–H and O–H groups in total. The summed E-state index contributed by atoms with van der Waals surface area (Å²) in [5.74, 6) is 1.02. The van der Waals surface area contributed by atoms with Gasteiger partial charge in [-0.15, -0.1) is 0 Å². The van der Waals surface area contributed by atoms with Gasteiger partial charge in [-0.3, -0.25) is 0 Å². The Morgan fingerprint density at radius 2 is 1.64 bits per heavy atom. The molecule has 42 heavy (non-hydrogen) atoms. The third kappa shape index (κ3) is 9.66. The van der Waals surface area contributed by atoms with Gasteiger partial charge in [0.2, 0.25) is 0 Å². The van der Waals surface area contributed by atoms with Crippen LogP contribution in [0.25, 0.3) is 0 Å². The minimum Gasteiger partial charge on any atom is -0.490 e. The van der Waals surface area contributed by atoms with Crippen LogP contribution in [0.5, 0.6) is 5.75 Å². The summed E-state index contributed by atoms with van der Waals surface area (Å²) in [6.07, 6.45) is 5.08. The van der Waals surface area contributed by atoms with E-state index in [1.807, 2.05) is 6.92 Å². The molecule has 2 aliphatic rings. The Morgan fingerprint density at radius 1 is 0.905 bits per heavy atom. The number of aliphatic hydroxyl groups excluding tert-OH is 1. The van der Waals surface area contributed by atoms with Crippen LogP contribution in [0.2, 0.25) is 0 Å². The predicted octanol–water partition coefficient (Wildman–Crippen LogP) is 5.48. The second-order valence-corrected chi connectivity index (χ2v) is 11.4. The van der Waals surface area contributed by atoms with Gasteiger partial charge in [-0.2, -0.15) is 0 Å². The summed E-state index contributed by atoms with van der Waals surface area (Å²) in [5.41, 5.74) is 4.63. The van der Waals surface area contributed by atoms with E-state index in [0.717, 1.165) is 74.4 Å². The Morgan fingerprint density at radius 3 is 2.40 bits per heavy atom. The lowest BCUT2D eigenvalue weighted by atomic mass is 9.79. The minimum absolute atomic E-state index is 0.00528. The van der Waals surface area contributed by atoms with E-state index >= 15 is 0 Å². The molecular weight excluding hydrogens is 534 g/mol. The highest BCUT2D eigenvalue weighted by Gasteiger charge is 2.36. The Kier molecular flexibility index (Phi) is 13.9. The predicted molar refractivity (Wildman–Crippen MR) is 164 cm³/mol. The van der Waals surface area contributed by atoms with E-state index in [9.17, 15) is 5.11 Å². The normalized spacial score (nSPS) is 21.1. The van der Waals surface area contributed by atoms with Gasteiger partial charge in [0.25, 0.3) is 0 Å².